The van der Waals surface area contributed by atoms with Crippen molar-refractivity contribution in [3.8, 4) is 0 Å². The number of aryl methyl sites for hydroxylation is 3. The molecule has 0 aromatic heterocycles. The molecule has 0 heterocycles. The average Bonchev–Trinajstić information content (AvgIpc) is 2.38. The lowest BCUT2D eigenvalue weighted by molar-refractivity contribution is 0.588. The van der Waals surface area contributed by atoms with Crippen LogP contribution in [0.5, 0.6) is 0 Å². The van der Waals surface area contributed by atoms with Crippen LogP contribution in [0.3, 0.4) is 0 Å². The van der Waals surface area contributed by atoms with Gasteiger partial charge < -0.3 is 0 Å². The summed E-state index contributed by atoms with van der Waals surface area (Å²) < 4.78 is 12.1. The summed E-state index contributed by atoms with van der Waals surface area (Å²) in [7, 11) is -1.64. The fraction of sp³-hybridized carbons (Fsp3) is 0.200. The first kappa shape index (κ1) is 13.7. The molecule has 98 valence electrons. The molecule has 1 unspecified atom stereocenters. The van der Waals surface area contributed by atoms with Gasteiger partial charge in [-0.15, -0.1) is 0 Å². The normalized spacial score (nSPS) is 11.2. The molecule has 2 rings (SSSR count). The molecule has 0 bridgehead atoms. The van der Waals surface area contributed by atoms with E-state index in [0.717, 1.165) is 22.1 Å². The summed E-state index contributed by atoms with van der Waals surface area (Å²) in [6.07, 6.45) is 0. The van der Waals surface area contributed by atoms with Gasteiger partial charge >= 0.3 is 7.95 Å². The van der Waals surface area contributed by atoms with Crippen LogP contribution in [0.2, 0.25) is 0 Å². The summed E-state index contributed by atoms with van der Waals surface area (Å²) in [5.74, 6) is 0. The van der Waals surface area contributed by atoms with Gasteiger partial charge in [0.2, 0.25) is 5.30 Å². The van der Waals surface area contributed by atoms with Gasteiger partial charge in [-0.3, -0.25) is 5.43 Å². The molecule has 2 aromatic carbocycles. The first-order chi connectivity index (χ1) is 9.08. The van der Waals surface area contributed by atoms with E-state index in [1.54, 1.807) is 0 Å². The Balaban J connectivity index is 2.10. The molecule has 0 saturated heterocycles. The highest BCUT2D eigenvalue weighted by molar-refractivity contribution is 7.51. The van der Waals surface area contributed by atoms with Crippen molar-refractivity contribution in [2.45, 2.75) is 20.8 Å². The second kappa shape index (κ2) is 5.96. The molecule has 3 nitrogen and oxygen atoms in total. The Kier molecular flexibility index (Phi) is 4.31. The van der Waals surface area contributed by atoms with Gasteiger partial charge in [0.05, 0.1) is 5.69 Å². The van der Waals surface area contributed by atoms with Crippen molar-refractivity contribution in [1.29, 1.82) is 0 Å². The van der Waals surface area contributed by atoms with Crippen molar-refractivity contribution in [2.75, 3.05) is 5.43 Å². The molecule has 2 N–H and O–H groups in total. The standard InChI is InChI=1S/C15H18N2OP/c1-11-9-12(2)15(13(3)10-11)16-17-19(18)14-7-5-4-6-8-14/h4-10,16H,1-3H3,(H,17,18)/q+1. The molecular formula is C15H18N2OP+. The molecule has 0 fully saturated rings. The lowest BCUT2D eigenvalue weighted by Crippen LogP contribution is -2.19. The third kappa shape index (κ3) is 3.40. The third-order valence-electron chi connectivity index (χ3n) is 2.95. The zero-order chi connectivity index (χ0) is 13.8. The lowest BCUT2D eigenvalue weighted by Gasteiger charge is -2.10. The van der Waals surface area contributed by atoms with E-state index in [4.69, 9.17) is 0 Å². The highest BCUT2D eigenvalue weighted by atomic mass is 31.1. The number of anilines is 1. The Morgan fingerprint density at radius 3 is 2.11 bits per heavy atom. The summed E-state index contributed by atoms with van der Waals surface area (Å²) in [6.45, 7) is 6.15. The van der Waals surface area contributed by atoms with Gasteiger partial charge in [-0.05, 0) is 53.8 Å². The third-order valence-corrected chi connectivity index (χ3v) is 4.03. The maximum Gasteiger partial charge on any atom is 0.491 e. The number of hydrogen-bond donors (Lipinski definition) is 2. The van der Waals surface area contributed by atoms with Crippen LogP contribution in [0.1, 0.15) is 16.7 Å². The van der Waals surface area contributed by atoms with Gasteiger partial charge in [-0.25, -0.2) is 0 Å². The molecule has 4 heteroatoms. The van der Waals surface area contributed by atoms with E-state index in [1.807, 2.05) is 44.2 Å². The number of benzene rings is 2. The van der Waals surface area contributed by atoms with Crippen molar-refractivity contribution in [3.05, 3.63) is 59.2 Å². The second-order valence-corrected chi connectivity index (χ2v) is 5.97. The SMILES string of the molecule is Cc1cc(C)c(NN[P+](=O)c2ccccc2)c(C)c1. The van der Waals surface area contributed by atoms with Crippen molar-refractivity contribution in [3.63, 3.8) is 0 Å². The zero-order valence-corrected chi connectivity index (χ0v) is 12.3. The molecule has 1 atom stereocenters. The topological polar surface area (TPSA) is 41.1 Å². The van der Waals surface area contributed by atoms with Gasteiger partial charge in [-0.2, -0.15) is 0 Å². The minimum Gasteiger partial charge on any atom is -0.282 e. The maximum absolute atomic E-state index is 12.1. The summed E-state index contributed by atoms with van der Waals surface area (Å²) in [5.41, 5.74) is 7.57. The van der Waals surface area contributed by atoms with E-state index >= 15 is 0 Å². The predicted octanol–water partition coefficient (Wildman–Crippen LogP) is 3.60. The van der Waals surface area contributed by atoms with Crippen molar-refractivity contribution in [2.24, 2.45) is 0 Å². The highest BCUT2D eigenvalue weighted by Gasteiger charge is 2.19. The Bertz CT molecular complexity index is 573. The quantitative estimate of drug-likeness (QED) is 0.660. The van der Waals surface area contributed by atoms with E-state index in [-0.39, 0.29) is 0 Å². The van der Waals surface area contributed by atoms with Crippen LogP contribution in [-0.2, 0) is 4.57 Å². The highest BCUT2D eigenvalue weighted by Crippen LogP contribution is 2.23. The monoisotopic (exact) mass is 273 g/mol. The smallest absolute Gasteiger partial charge is 0.282 e. The van der Waals surface area contributed by atoms with E-state index in [9.17, 15) is 4.57 Å². The van der Waals surface area contributed by atoms with E-state index < -0.39 is 7.95 Å². The first-order valence-electron chi connectivity index (χ1n) is 6.20. The summed E-state index contributed by atoms with van der Waals surface area (Å²) in [6, 6.07) is 13.6. The van der Waals surface area contributed by atoms with Crippen molar-refractivity contribution in [1.82, 2.24) is 5.20 Å². The fourth-order valence-electron chi connectivity index (χ4n) is 2.11. The van der Waals surface area contributed by atoms with Gasteiger partial charge in [0.1, 0.15) is 0 Å². The Morgan fingerprint density at radius 1 is 0.947 bits per heavy atom. The number of nitrogens with one attached hydrogen (secondary N) is 2. The van der Waals surface area contributed by atoms with Crippen LogP contribution in [0.15, 0.2) is 42.5 Å². The van der Waals surface area contributed by atoms with E-state index in [2.05, 4.69) is 29.7 Å². The number of rotatable bonds is 4. The Labute approximate surface area is 114 Å². The minimum atomic E-state index is -1.64. The minimum absolute atomic E-state index is 0.785. The van der Waals surface area contributed by atoms with Gasteiger partial charge in [0.25, 0.3) is 0 Å². The Morgan fingerprint density at radius 2 is 1.53 bits per heavy atom. The molecule has 19 heavy (non-hydrogen) atoms. The van der Waals surface area contributed by atoms with Crippen molar-refractivity contribution < 1.29 is 4.57 Å². The van der Waals surface area contributed by atoms with Gasteiger partial charge in [0.15, 0.2) is 0 Å². The number of hydrazine groups is 1. The fourth-order valence-corrected chi connectivity index (χ4v) is 2.90. The van der Waals surface area contributed by atoms with Crippen LogP contribution in [0.4, 0.5) is 5.69 Å². The molecule has 0 saturated carbocycles. The van der Waals surface area contributed by atoms with Crippen molar-refractivity contribution >= 4 is 18.9 Å². The molecular weight excluding hydrogens is 255 g/mol. The molecule has 0 radical (unpaired) electrons. The molecule has 0 spiro atoms. The van der Waals surface area contributed by atoms with Crippen LogP contribution in [0, 0.1) is 20.8 Å². The Hall–Kier alpha value is -1.70. The average molecular weight is 273 g/mol. The largest absolute Gasteiger partial charge is 0.491 e. The molecule has 0 aliphatic rings. The first-order valence-corrected chi connectivity index (χ1v) is 7.45. The molecule has 2 aromatic rings. The van der Waals surface area contributed by atoms with E-state index in [0.29, 0.717) is 0 Å². The molecule has 0 aliphatic carbocycles. The lowest BCUT2D eigenvalue weighted by atomic mass is 10.1. The van der Waals surface area contributed by atoms with Crippen LogP contribution in [-0.4, -0.2) is 0 Å². The van der Waals surface area contributed by atoms with Crippen LogP contribution >= 0.6 is 7.95 Å². The summed E-state index contributed by atoms with van der Waals surface area (Å²) >= 11 is 0. The summed E-state index contributed by atoms with van der Waals surface area (Å²) in [4.78, 5) is 0. The van der Waals surface area contributed by atoms with E-state index in [1.165, 1.54) is 5.56 Å². The summed E-state index contributed by atoms with van der Waals surface area (Å²) in [5, 5.41) is 3.66. The maximum atomic E-state index is 12.1. The molecule has 0 aliphatic heterocycles. The van der Waals surface area contributed by atoms with Gasteiger partial charge in [-0.1, -0.05) is 35.9 Å². The molecule has 0 amide bonds. The zero-order valence-electron chi connectivity index (χ0n) is 11.4. The van der Waals surface area contributed by atoms with Gasteiger partial charge in [0, 0.05) is 0 Å². The van der Waals surface area contributed by atoms with Crippen LogP contribution in [0.25, 0.3) is 0 Å². The van der Waals surface area contributed by atoms with Crippen LogP contribution < -0.4 is 15.9 Å². The number of hydrogen-bond acceptors (Lipinski definition) is 2. The predicted molar refractivity (Wildman–Crippen MR) is 81.1 cm³/mol. The second-order valence-electron chi connectivity index (χ2n) is 4.64.